The molecule has 6 nitrogen and oxygen atoms in total. The van der Waals surface area contributed by atoms with Gasteiger partial charge in [-0.15, -0.1) is 0 Å². The average Bonchev–Trinajstić information content (AvgIpc) is 3.20. The van der Waals surface area contributed by atoms with Crippen molar-refractivity contribution in [2.45, 2.75) is 105 Å². The van der Waals surface area contributed by atoms with Crippen LogP contribution in [0.5, 0.6) is 16.7 Å². The van der Waals surface area contributed by atoms with Crippen LogP contribution in [0.15, 0.2) is 30.3 Å². The Morgan fingerprint density at radius 2 is 1.78 bits per heavy atom. The predicted octanol–water partition coefficient (Wildman–Crippen LogP) is 7.04. The van der Waals surface area contributed by atoms with Crippen LogP contribution in [0.4, 0.5) is 0 Å². The predicted molar refractivity (Wildman–Crippen MR) is 153 cm³/mol. The molecule has 2 N–H and O–H groups in total. The Labute approximate surface area is 226 Å². The number of nitrogens with one attached hydrogen (secondary N) is 1. The van der Waals surface area contributed by atoms with Gasteiger partial charge in [-0.05, 0) is 85.1 Å². The maximum absolute atomic E-state index is 10.1. The van der Waals surface area contributed by atoms with Gasteiger partial charge in [0.1, 0.15) is 17.1 Å². The van der Waals surface area contributed by atoms with Gasteiger partial charge in [0, 0.05) is 23.2 Å². The molecule has 0 atom stereocenters. The number of hydrogen-bond donors (Lipinski definition) is 2. The Balaban J connectivity index is 1.85. The van der Waals surface area contributed by atoms with E-state index < -0.39 is 0 Å². The van der Waals surface area contributed by atoms with Gasteiger partial charge < -0.3 is 24.6 Å². The minimum atomic E-state index is -0.390. The zero-order valence-electron chi connectivity index (χ0n) is 23.7. The number of nitrogens with zero attached hydrogens (tertiary/aromatic N) is 1. The van der Waals surface area contributed by atoms with E-state index in [-0.39, 0.29) is 23.9 Å². The molecule has 0 saturated carbocycles. The van der Waals surface area contributed by atoms with Crippen LogP contribution in [-0.2, 0) is 19.6 Å². The van der Waals surface area contributed by atoms with Crippen LogP contribution < -0.4 is 19.5 Å². The van der Waals surface area contributed by atoms with E-state index in [1.54, 1.807) is 0 Å². The molecule has 0 unspecified atom stereocenters. The fraction of sp³-hybridized carbons (Fsp3) is 0.567. The highest BCUT2D eigenvalue weighted by Gasteiger charge is 2.25. The molecule has 0 bridgehead atoms. The Morgan fingerprint density at radius 1 is 1.08 bits per heavy atom. The maximum atomic E-state index is 10.1. The Kier molecular flexibility index (Phi) is 9.84. The quantitative estimate of drug-likeness (QED) is 0.232. The van der Waals surface area contributed by atoms with Crippen LogP contribution in [0, 0.1) is 0 Å². The highest BCUT2D eigenvalue weighted by Crippen LogP contribution is 2.39. The number of thiazole rings is 1. The zero-order chi connectivity index (χ0) is 27.2. The summed E-state index contributed by atoms with van der Waals surface area (Å²) in [4.78, 5) is 4.83. The number of benzene rings is 2. The molecule has 2 aromatic carbocycles. The number of aliphatic hydroxyl groups excluding tert-OH is 1. The third-order valence-electron chi connectivity index (χ3n) is 5.79. The average molecular weight is 529 g/mol. The first-order chi connectivity index (χ1) is 17.4. The molecule has 0 aliphatic rings. The smallest absolute Gasteiger partial charge is 0.274 e. The fourth-order valence-electron chi connectivity index (χ4n) is 4.05. The van der Waals surface area contributed by atoms with Crippen LogP contribution in [0.1, 0.15) is 84.9 Å². The van der Waals surface area contributed by atoms with Crippen LogP contribution in [-0.4, -0.2) is 33.9 Å². The van der Waals surface area contributed by atoms with Crippen LogP contribution >= 0.6 is 11.3 Å². The second-order valence-corrected chi connectivity index (χ2v) is 12.4. The summed E-state index contributed by atoms with van der Waals surface area (Å²) in [7, 11) is 0. The van der Waals surface area contributed by atoms with E-state index in [0.29, 0.717) is 11.7 Å². The standard InChI is InChI=1S/C30H44N2O4S/c1-9-10-15-34-23-13-11-21(12-14-23)17-30(7,8)31-18-24-25(36-29(4,5)6)16-22(19-33)27-26(24)32-28(37-27)35-20(2)3/h11-14,16,20,31,33H,9-10,15,17-19H2,1-8H3. The number of hydrogen-bond acceptors (Lipinski definition) is 7. The molecule has 0 saturated heterocycles. The highest BCUT2D eigenvalue weighted by molar-refractivity contribution is 7.20. The van der Waals surface area contributed by atoms with Gasteiger partial charge in [0.2, 0.25) is 0 Å². The van der Waals surface area contributed by atoms with Crippen molar-refractivity contribution in [2.24, 2.45) is 0 Å². The van der Waals surface area contributed by atoms with Crippen LogP contribution in [0.3, 0.4) is 0 Å². The Morgan fingerprint density at radius 3 is 2.38 bits per heavy atom. The van der Waals surface area contributed by atoms with Gasteiger partial charge in [-0.2, -0.15) is 0 Å². The lowest BCUT2D eigenvalue weighted by atomic mass is 9.94. The van der Waals surface area contributed by atoms with Crippen LogP contribution in [0.25, 0.3) is 10.2 Å². The number of aliphatic hydroxyl groups is 1. The third kappa shape index (κ3) is 8.59. The number of ether oxygens (including phenoxy) is 3. The molecule has 0 fully saturated rings. The number of rotatable bonds is 13. The molecule has 3 rings (SSSR count). The largest absolute Gasteiger partial charge is 0.494 e. The summed E-state index contributed by atoms with van der Waals surface area (Å²) in [5.74, 6) is 1.66. The van der Waals surface area contributed by atoms with E-state index in [9.17, 15) is 5.11 Å². The molecule has 0 aliphatic heterocycles. The molecule has 7 heteroatoms. The van der Waals surface area contributed by atoms with E-state index in [1.807, 2.05) is 40.7 Å². The van der Waals surface area contributed by atoms with Crippen molar-refractivity contribution >= 4 is 21.6 Å². The molecule has 1 aromatic heterocycles. The van der Waals surface area contributed by atoms with Gasteiger partial charge in [-0.1, -0.05) is 36.8 Å². The molecule has 204 valence electrons. The Bertz CT molecular complexity index is 1150. The summed E-state index contributed by atoms with van der Waals surface area (Å²) in [6.45, 7) is 17.9. The monoisotopic (exact) mass is 528 g/mol. The van der Waals surface area contributed by atoms with Gasteiger partial charge in [-0.25, -0.2) is 4.98 Å². The summed E-state index contributed by atoms with van der Waals surface area (Å²) in [5.41, 5.74) is 3.27. The normalized spacial score (nSPS) is 12.4. The molecule has 0 spiro atoms. The fourth-order valence-corrected chi connectivity index (χ4v) is 5.12. The summed E-state index contributed by atoms with van der Waals surface area (Å²) in [6, 6.07) is 10.3. The van der Waals surface area contributed by atoms with E-state index in [0.717, 1.165) is 58.7 Å². The van der Waals surface area contributed by atoms with Crippen molar-refractivity contribution in [3.05, 3.63) is 47.0 Å². The third-order valence-corrected chi connectivity index (χ3v) is 6.81. The molecule has 0 aliphatic carbocycles. The lowest BCUT2D eigenvalue weighted by molar-refractivity contribution is 0.129. The topological polar surface area (TPSA) is 72.8 Å². The summed E-state index contributed by atoms with van der Waals surface area (Å²) < 4.78 is 19.0. The van der Waals surface area contributed by atoms with Crippen molar-refractivity contribution in [3.8, 4) is 16.7 Å². The second kappa shape index (κ2) is 12.5. The molecular weight excluding hydrogens is 484 g/mol. The van der Waals surface area contributed by atoms with Gasteiger partial charge in [0.05, 0.1) is 29.5 Å². The first-order valence-electron chi connectivity index (χ1n) is 13.3. The second-order valence-electron chi connectivity index (χ2n) is 11.5. The lowest BCUT2D eigenvalue weighted by Gasteiger charge is -2.29. The maximum Gasteiger partial charge on any atom is 0.274 e. The summed E-state index contributed by atoms with van der Waals surface area (Å²) in [5, 5.41) is 14.4. The minimum Gasteiger partial charge on any atom is -0.494 e. The SMILES string of the molecule is CCCCOc1ccc(CC(C)(C)NCc2c(OC(C)(C)C)cc(CO)c3sc(OC(C)C)nc23)cc1. The van der Waals surface area contributed by atoms with Crippen LogP contribution in [0.2, 0.25) is 0 Å². The molecule has 0 amide bonds. The molecule has 1 heterocycles. The molecule has 0 radical (unpaired) electrons. The van der Waals surface area contributed by atoms with E-state index in [2.05, 4.69) is 50.4 Å². The van der Waals surface area contributed by atoms with Crippen molar-refractivity contribution < 1.29 is 19.3 Å². The van der Waals surface area contributed by atoms with Crippen molar-refractivity contribution in [1.29, 1.82) is 0 Å². The molecule has 3 aromatic rings. The van der Waals surface area contributed by atoms with E-state index >= 15 is 0 Å². The number of fused-ring (bicyclic) bond motifs is 1. The summed E-state index contributed by atoms with van der Waals surface area (Å²) in [6.07, 6.45) is 3.07. The lowest BCUT2D eigenvalue weighted by Crippen LogP contribution is -2.41. The number of unbranched alkanes of at least 4 members (excludes halogenated alkanes) is 1. The van der Waals surface area contributed by atoms with Gasteiger partial charge >= 0.3 is 0 Å². The first kappa shape index (κ1) is 29.2. The summed E-state index contributed by atoms with van der Waals surface area (Å²) >= 11 is 1.47. The van der Waals surface area contributed by atoms with Gasteiger partial charge in [-0.3, -0.25) is 0 Å². The van der Waals surface area contributed by atoms with Crippen molar-refractivity contribution in [2.75, 3.05) is 6.61 Å². The van der Waals surface area contributed by atoms with E-state index in [1.165, 1.54) is 16.9 Å². The zero-order valence-corrected chi connectivity index (χ0v) is 24.6. The molecule has 37 heavy (non-hydrogen) atoms. The Hall–Kier alpha value is -2.35. The van der Waals surface area contributed by atoms with Gasteiger partial charge in [0.15, 0.2) is 0 Å². The van der Waals surface area contributed by atoms with E-state index in [4.69, 9.17) is 19.2 Å². The molecular formula is C30H44N2O4S. The van der Waals surface area contributed by atoms with Gasteiger partial charge in [0.25, 0.3) is 5.19 Å². The number of aromatic nitrogens is 1. The van der Waals surface area contributed by atoms with Crippen molar-refractivity contribution in [1.82, 2.24) is 10.3 Å². The first-order valence-corrected chi connectivity index (χ1v) is 14.1. The minimum absolute atomic E-state index is 0.0207. The van der Waals surface area contributed by atoms with Crippen molar-refractivity contribution in [3.63, 3.8) is 0 Å². The highest BCUT2D eigenvalue weighted by atomic mass is 32.1.